The zero-order chi connectivity index (χ0) is 27.1. The van der Waals surface area contributed by atoms with Gasteiger partial charge in [-0.05, 0) is 52.7 Å². The maximum Gasteiger partial charge on any atom is 0.410 e. The highest BCUT2D eigenvalue weighted by atomic mass is 35.5. The van der Waals surface area contributed by atoms with Crippen molar-refractivity contribution in [2.75, 3.05) is 29.9 Å². The van der Waals surface area contributed by atoms with Gasteiger partial charge in [-0.3, -0.25) is 9.36 Å². The molecule has 3 heterocycles. The van der Waals surface area contributed by atoms with E-state index in [4.69, 9.17) is 44.4 Å². The minimum atomic E-state index is -0.590. The van der Waals surface area contributed by atoms with E-state index in [1.54, 1.807) is 27.7 Å². The molecule has 1 saturated heterocycles. The normalized spacial score (nSPS) is 15.6. The summed E-state index contributed by atoms with van der Waals surface area (Å²) in [6.07, 6.45) is 0.692. The first kappa shape index (κ1) is 26.7. The molecule has 0 aliphatic carbocycles. The third-order valence-electron chi connectivity index (χ3n) is 6.02. The van der Waals surface area contributed by atoms with E-state index in [1.165, 1.54) is 0 Å². The third-order valence-corrected chi connectivity index (χ3v) is 6.71. The van der Waals surface area contributed by atoms with Crippen LogP contribution in [0.3, 0.4) is 0 Å². The fourth-order valence-electron chi connectivity index (χ4n) is 4.36. The molecule has 0 saturated carbocycles. The van der Waals surface area contributed by atoms with Crippen LogP contribution in [0, 0.1) is 0 Å². The summed E-state index contributed by atoms with van der Waals surface area (Å²) in [6, 6.07) is 4.39. The smallest absolute Gasteiger partial charge is 0.410 e. The molecule has 1 atom stereocenters. The molecule has 0 unspecified atom stereocenters. The van der Waals surface area contributed by atoms with Gasteiger partial charge in [0.1, 0.15) is 22.3 Å². The van der Waals surface area contributed by atoms with Gasteiger partial charge in [-0.2, -0.15) is 9.97 Å². The average Bonchev–Trinajstić information content (AvgIpc) is 2.81. The molecule has 13 heteroatoms. The highest BCUT2D eigenvalue weighted by molar-refractivity contribution is 6.35. The summed E-state index contributed by atoms with van der Waals surface area (Å²) in [5.41, 5.74) is 11.2. The van der Waals surface area contributed by atoms with Gasteiger partial charge in [0.25, 0.3) is 5.56 Å². The summed E-state index contributed by atoms with van der Waals surface area (Å²) in [5.74, 6) is 0.684. The molecule has 0 bridgehead atoms. The lowest BCUT2D eigenvalue weighted by atomic mass is 10.0. The monoisotopic (exact) mass is 548 g/mol. The lowest BCUT2D eigenvalue weighted by Crippen LogP contribution is -2.44. The van der Waals surface area contributed by atoms with Crippen molar-refractivity contribution >= 4 is 57.8 Å². The number of nitrogen functional groups attached to an aromatic ring is 2. The van der Waals surface area contributed by atoms with Gasteiger partial charge in [0.05, 0.1) is 22.0 Å². The van der Waals surface area contributed by atoms with Crippen molar-refractivity contribution in [3.05, 3.63) is 44.4 Å². The Hall–Kier alpha value is -3.31. The Bertz CT molecular complexity index is 1400. The number of ether oxygens (including phenoxy) is 1. The van der Waals surface area contributed by atoms with Gasteiger partial charge in [0, 0.05) is 19.1 Å². The SMILES string of the molecule is C[C@H](Nc1nc(N)nc(N)c1Cl)c1nc2cccc(Cl)c2c(=O)n1C1CCN(C(=O)OC(C)(C)C)CC1. The average molecular weight is 549 g/mol. The predicted octanol–water partition coefficient (Wildman–Crippen LogP) is 4.40. The number of nitrogens with two attached hydrogens (primary N) is 2. The Morgan fingerprint density at radius 2 is 1.84 bits per heavy atom. The zero-order valence-electron chi connectivity index (χ0n) is 21.1. The number of fused-ring (bicyclic) bond motifs is 1. The number of rotatable bonds is 4. The van der Waals surface area contributed by atoms with Crippen LogP contribution in [0.1, 0.15) is 58.4 Å². The largest absolute Gasteiger partial charge is 0.444 e. The van der Waals surface area contributed by atoms with Gasteiger partial charge in [-0.15, -0.1) is 0 Å². The Morgan fingerprint density at radius 1 is 1.16 bits per heavy atom. The number of nitrogens with one attached hydrogen (secondary N) is 1. The maximum absolute atomic E-state index is 13.8. The minimum Gasteiger partial charge on any atom is -0.444 e. The van der Waals surface area contributed by atoms with Gasteiger partial charge in [0.15, 0.2) is 5.82 Å². The molecule has 0 radical (unpaired) electrons. The number of carbonyl (C=O) groups is 1. The van der Waals surface area contributed by atoms with Gasteiger partial charge in [-0.1, -0.05) is 29.3 Å². The van der Waals surface area contributed by atoms with E-state index < -0.39 is 11.6 Å². The van der Waals surface area contributed by atoms with Crippen molar-refractivity contribution in [1.29, 1.82) is 0 Å². The molecular formula is C24H30Cl2N8O3. The van der Waals surface area contributed by atoms with Crippen molar-refractivity contribution in [1.82, 2.24) is 24.4 Å². The highest BCUT2D eigenvalue weighted by Gasteiger charge is 2.31. The van der Waals surface area contributed by atoms with E-state index in [0.29, 0.717) is 47.7 Å². The van der Waals surface area contributed by atoms with Crippen LogP contribution in [-0.4, -0.2) is 49.2 Å². The van der Waals surface area contributed by atoms with Gasteiger partial charge in [-0.25, -0.2) is 9.78 Å². The second-order valence-electron chi connectivity index (χ2n) is 9.97. The van der Waals surface area contributed by atoms with Crippen LogP contribution < -0.4 is 22.3 Å². The van der Waals surface area contributed by atoms with Crippen LogP contribution in [0.15, 0.2) is 23.0 Å². The summed E-state index contributed by atoms with van der Waals surface area (Å²) in [6.45, 7) is 8.17. The molecule has 4 rings (SSSR count). The first-order valence-corrected chi connectivity index (χ1v) is 12.6. The lowest BCUT2D eigenvalue weighted by molar-refractivity contribution is 0.0186. The van der Waals surface area contributed by atoms with Crippen LogP contribution in [0.5, 0.6) is 0 Å². The molecule has 2 aromatic heterocycles. The fraction of sp³-hybridized carbons (Fsp3) is 0.458. The van der Waals surface area contributed by atoms with Crippen LogP contribution in [0.2, 0.25) is 10.0 Å². The molecule has 1 aromatic carbocycles. The van der Waals surface area contributed by atoms with E-state index in [9.17, 15) is 9.59 Å². The first-order chi connectivity index (χ1) is 17.4. The number of anilines is 3. The molecule has 1 aliphatic heterocycles. The molecule has 1 fully saturated rings. The predicted molar refractivity (Wildman–Crippen MR) is 145 cm³/mol. The number of piperidine rings is 1. The number of aromatic nitrogens is 4. The Balaban J connectivity index is 1.71. The van der Waals surface area contributed by atoms with Crippen LogP contribution >= 0.6 is 23.2 Å². The van der Waals surface area contributed by atoms with Crippen molar-refractivity contribution in [3.8, 4) is 0 Å². The summed E-state index contributed by atoms with van der Waals surface area (Å²) >= 11 is 12.7. The second kappa shape index (κ2) is 10.2. The van der Waals surface area contributed by atoms with E-state index in [-0.39, 0.29) is 40.3 Å². The van der Waals surface area contributed by atoms with E-state index >= 15 is 0 Å². The second-order valence-corrected chi connectivity index (χ2v) is 10.8. The quantitative estimate of drug-likeness (QED) is 0.429. The molecule has 0 spiro atoms. The van der Waals surface area contributed by atoms with Gasteiger partial charge in [0.2, 0.25) is 5.95 Å². The van der Waals surface area contributed by atoms with Crippen LogP contribution in [-0.2, 0) is 4.74 Å². The summed E-state index contributed by atoms with van der Waals surface area (Å²) < 4.78 is 7.16. The maximum atomic E-state index is 13.8. The van der Waals surface area contributed by atoms with Gasteiger partial charge < -0.3 is 26.4 Å². The molecular weight excluding hydrogens is 519 g/mol. The number of amides is 1. The summed E-state index contributed by atoms with van der Waals surface area (Å²) in [4.78, 5) is 40.8. The number of carbonyl (C=O) groups excluding carboxylic acids is 1. The number of benzene rings is 1. The number of halogens is 2. The molecule has 11 nitrogen and oxygen atoms in total. The molecule has 5 N–H and O–H groups in total. The van der Waals surface area contributed by atoms with E-state index in [0.717, 1.165) is 0 Å². The Kier molecular flexibility index (Phi) is 7.38. The topological polar surface area (TPSA) is 154 Å². The van der Waals surface area contributed by atoms with E-state index in [2.05, 4.69) is 15.3 Å². The molecule has 1 aliphatic rings. The molecule has 198 valence electrons. The van der Waals surface area contributed by atoms with E-state index in [1.807, 2.05) is 27.7 Å². The molecule has 37 heavy (non-hydrogen) atoms. The zero-order valence-corrected chi connectivity index (χ0v) is 22.6. The van der Waals surface area contributed by atoms with Crippen molar-refractivity contribution in [2.45, 2.75) is 58.2 Å². The van der Waals surface area contributed by atoms with Crippen molar-refractivity contribution < 1.29 is 9.53 Å². The lowest BCUT2D eigenvalue weighted by Gasteiger charge is -2.35. The van der Waals surface area contributed by atoms with Crippen molar-refractivity contribution in [3.63, 3.8) is 0 Å². The number of hydrogen-bond acceptors (Lipinski definition) is 9. The molecule has 1 amide bonds. The summed E-state index contributed by atoms with van der Waals surface area (Å²) in [7, 11) is 0. The van der Waals surface area contributed by atoms with Gasteiger partial charge >= 0.3 is 6.09 Å². The van der Waals surface area contributed by atoms with Crippen molar-refractivity contribution in [2.24, 2.45) is 0 Å². The fourth-order valence-corrected chi connectivity index (χ4v) is 4.75. The third kappa shape index (κ3) is 5.67. The Morgan fingerprint density at radius 3 is 2.49 bits per heavy atom. The molecule has 3 aromatic rings. The Labute approximate surface area is 224 Å². The number of likely N-dealkylation sites (tertiary alicyclic amines) is 1. The number of hydrogen-bond donors (Lipinski definition) is 3. The highest BCUT2D eigenvalue weighted by Crippen LogP contribution is 2.32. The number of nitrogens with zero attached hydrogens (tertiary/aromatic N) is 5. The first-order valence-electron chi connectivity index (χ1n) is 11.9. The summed E-state index contributed by atoms with van der Waals surface area (Å²) in [5, 5.41) is 3.94. The standard InChI is InChI=1S/C24H30Cl2N8O3/c1-12(29-19-17(26)18(27)31-22(28)32-19)20-30-15-7-5-6-14(25)16(15)21(35)34(20)13-8-10-33(11-9-13)23(36)37-24(2,3)4/h5-7,12-13H,8-11H2,1-4H3,(H5,27,28,29,31,32)/t12-/m0/s1. The minimum absolute atomic E-state index is 0.0361. The van der Waals surface area contributed by atoms with Crippen LogP contribution in [0.25, 0.3) is 10.9 Å². The van der Waals surface area contributed by atoms with Crippen LogP contribution in [0.4, 0.5) is 22.4 Å².